The molecular formula is C21H26F3N3O2. The van der Waals surface area contributed by atoms with E-state index in [0.29, 0.717) is 50.1 Å². The van der Waals surface area contributed by atoms with Gasteiger partial charge in [0.2, 0.25) is 0 Å². The molecular weight excluding hydrogens is 383 g/mol. The van der Waals surface area contributed by atoms with Crippen molar-refractivity contribution in [3.8, 4) is 0 Å². The molecule has 1 amide bonds. The van der Waals surface area contributed by atoms with Crippen LogP contribution in [0.5, 0.6) is 0 Å². The van der Waals surface area contributed by atoms with Gasteiger partial charge in [0.15, 0.2) is 0 Å². The highest BCUT2D eigenvalue weighted by Gasteiger charge is 2.38. The first-order valence-electron chi connectivity index (χ1n) is 10.1. The number of carbonyl (C=O) groups is 1. The van der Waals surface area contributed by atoms with Crippen molar-refractivity contribution >= 4 is 16.8 Å². The van der Waals surface area contributed by atoms with Gasteiger partial charge in [0.05, 0.1) is 5.60 Å². The number of hydrogen-bond acceptors (Lipinski definition) is 3. The molecule has 29 heavy (non-hydrogen) atoms. The average molecular weight is 409 g/mol. The number of β-amino-alcohol motifs (C(OH)–C–C–N with tert-alkyl or cyclic N) is 1. The molecule has 4 rings (SSSR count). The molecule has 0 unspecified atom stereocenters. The summed E-state index contributed by atoms with van der Waals surface area (Å²) in [6.45, 7) is 1.83. The van der Waals surface area contributed by atoms with E-state index in [2.05, 4.69) is 4.98 Å². The number of benzene rings is 1. The summed E-state index contributed by atoms with van der Waals surface area (Å²) in [7, 11) is 0. The zero-order valence-electron chi connectivity index (χ0n) is 16.3. The van der Waals surface area contributed by atoms with Crippen LogP contribution in [-0.2, 0) is 0 Å². The third-order valence-corrected chi connectivity index (χ3v) is 6.12. The number of alkyl halides is 2. The molecule has 1 atom stereocenters. The third kappa shape index (κ3) is 4.59. The van der Waals surface area contributed by atoms with E-state index in [9.17, 15) is 23.1 Å². The maximum absolute atomic E-state index is 13.4. The fourth-order valence-electron chi connectivity index (χ4n) is 4.38. The smallest absolute Gasteiger partial charge is 0.270 e. The predicted octanol–water partition coefficient (Wildman–Crippen LogP) is 3.40. The first-order valence-corrected chi connectivity index (χ1v) is 10.1. The van der Waals surface area contributed by atoms with Crippen molar-refractivity contribution in [1.82, 2.24) is 14.8 Å². The van der Waals surface area contributed by atoms with Gasteiger partial charge in [0.25, 0.3) is 11.8 Å². The fraction of sp³-hybridized carbons (Fsp3) is 0.571. The number of hydrogen-bond donors (Lipinski definition) is 2. The molecule has 5 nitrogen and oxygen atoms in total. The normalized spacial score (nSPS) is 25.9. The van der Waals surface area contributed by atoms with Gasteiger partial charge in [-0.2, -0.15) is 0 Å². The Balaban J connectivity index is 1.39. The first-order chi connectivity index (χ1) is 13.7. The molecule has 158 valence electrons. The molecule has 2 aliphatic heterocycles. The van der Waals surface area contributed by atoms with Crippen LogP contribution in [0.15, 0.2) is 24.3 Å². The molecule has 2 N–H and O–H groups in total. The number of aromatic nitrogens is 1. The Bertz CT molecular complexity index is 890. The lowest BCUT2D eigenvalue weighted by molar-refractivity contribution is -0.0768. The predicted molar refractivity (Wildman–Crippen MR) is 104 cm³/mol. The summed E-state index contributed by atoms with van der Waals surface area (Å²) in [6.07, 6.45) is 1.23. The summed E-state index contributed by atoms with van der Waals surface area (Å²) >= 11 is 0. The van der Waals surface area contributed by atoms with Crippen molar-refractivity contribution in [3.63, 3.8) is 0 Å². The summed E-state index contributed by atoms with van der Waals surface area (Å²) < 4.78 is 40.1. The molecule has 0 spiro atoms. The number of amides is 1. The van der Waals surface area contributed by atoms with Crippen LogP contribution in [0.3, 0.4) is 0 Å². The average Bonchev–Trinajstić information content (AvgIpc) is 2.99. The van der Waals surface area contributed by atoms with E-state index in [1.165, 1.54) is 12.1 Å². The summed E-state index contributed by atoms with van der Waals surface area (Å²) in [6, 6.07) is 6.05. The van der Waals surface area contributed by atoms with Crippen molar-refractivity contribution in [2.24, 2.45) is 0 Å². The number of halogens is 3. The van der Waals surface area contributed by atoms with E-state index in [1.807, 2.05) is 4.90 Å². The molecule has 0 aliphatic carbocycles. The number of nitrogens with one attached hydrogen (secondary N) is 1. The number of H-pyrrole nitrogens is 1. The van der Waals surface area contributed by atoms with Crippen LogP contribution in [0, 0.1) is 5.82 Å². The maximum Gasteiger partial charge on any atom is 0.270 e. The van der Waals surface area contributed by atoms with E-state index >= 15 is 0 Å². The Morgan fingerprint density at radius 2 is 1.83 bits per heavy atom. The maximum atomic E-state index is 13.4. The van der Waals surface area contributed by atoms with Gasteiger partial charge in [-0.15, -0.1) is 0 Å². The van der Waals surface area contributed by atoms with Crippen molar-refractivity contribution in [3.05, 3.63) is 35.8 Å². The highest BCUT2D eigenvalue weighted by Crippen LogP contribution is 2.31. The molecule has 2 fully saturated rings. The summed E-state index contributed by atoms with van der Waals surface area (Å²) in [5, 5.41) is 11.8. The second-order valence-electron chi connectivity index (χ2n) is 8.42. The molecule has 0 radical (unpaired) electrons. The van der Waals surface area contributed by atoms with Gasteiger partial charge in [-0.3, -0.25) is 4.79 Å². The number of aliphatic hydroxyl groups is 1. The monoisotopic (exact) mass is 409 g/mol. The van der Waals surface area contributed by atoms with Crippen molar-refractivity contribution in [2.75, 3.05) is 32.7 Å². The fourth-order valence-corrected chi connectivity index (χ4v) is 4.38. The molecule has 1 aromatic carbocycles. The third-order valence-electron chi connectivity index (χ3n) is 6.12. The minimum absolute atomic E-state index is 0.172. The molecule has 0 saturated carbocycles. The SMILES string of the molecule is O=C(c1cc2ccc(F)cc2[nH]1)N1CCC[C@@](O)(CN2CCC(F)(F)CC2)CC1. The van der Waals surface area contributed by atoms with Crippen LogP contribution in [-0.4, -0.2) is 70.0 Å². The van der Waals surface area contributed by atoms with Crippen molar-refractivity contribution in [1.29, 1.82) is 0 Å². The molecule has 8 heteroatoms. The molecule has 2 aliphatic rings. The Hall–Kier alpha value is -2.06. The quantitative estimate of drug-likeness (QED) is 0.817. The van der Waals surface area contributed by atoms with Gasteiger partial charge in [-0.1, -0.05) is 0 Å². The molecule has 3 heterocycles. The van der Waals surface area contributed by atoms with Gasteiger partial charge in [0.1, 0.15) is 11.5 Å². The highest BCUT2D eigenvalue weighted by molar-refractivity contribution is 5.98. The minimum atomic E-state index is -2.60. The Labute approximate surface area is 167 Å². The van der Waals surface area contributed by atoms with Crippen LogP contribution in [0.1, 0.15) is 42.6 Å². The van der Waals surface area contributed by atoms with Crippen LogP contribution in [0.4, 0.5) is 13.2 Å². The van der Waals surface area contributed by atoms with Crippen molar-refractivity contribution in [2.45, 2.75) is 43.6 Å². The van der Waals surface area contributed by atoms with Crippen molar-refractivity contribution < 1.29 is 23.1 Å². The second-order valence-corrected chi connectivity index (χ2v) is 8.42. The van der Waals surface area contributed by atoms with Crippen LogP contribution >= 0.6 is 0 Å². The lowest BCUT2D eigenvalue weighted by Gasteiger charge is -2.37. The zero-order chi connectivity index (χ0) is 20.6. The van der Waals surface area contributed by atoms with Gasteiger partial charge < -0.3 is 19.9 Å². The summed E-state index contributed by atoms with van der Waals surface area (Å²) in [5.74, 6) is -3.15. The zero-order valence-corrected chi connectivity index (χ0v) is 16.3. The van der Waals surface area contributed by atoms with Crippen LogP contribution in [0.2, 0.25) is 0 Å². The topological polar surface area (TPSA) is 59.6 Å². The number of aromatic amines is 1. The van der Waals surface area contributed by atoms with Crippen LogP contribution in [0.25, 0.3) is 10.9 Å². The number of rotatable bonds is 3. The van der Waals surface area contributed by atoms with E-state index in [4.69, 9.17) is 0 Å². The number of nitrogens with zero attached hydrogens (tertiary/aromatic N) is 2. The Morgan fingerprint density at radius 1 is 1.07 bits per heavy atom. The summed E-state index contributed by atoms with van der Waals surface area (Å²) in [4.78, 5) is 19.5. The molecule has 1 aromatic heterocycles. The number of carbonyl (C=O) groups excluding carboxylic acids is 1. The number of piperidine rings is 1. The Morgan fingerprint density at radius 3 is 2.59 bits per heavy atom. The first kappa shape index (κ1) is 20.2. The number of fused-ring (bicyclic) bond motifs is 1. The lowest BCUT2D eigenvalue weighted by Crippen LogP contribution is -2.48. The van der Waals surface area contributed by atoms with Gasteiger partial charge in [-0.05, 0) is 43.5 Å². The second kappa shape index (κ2) is 7.65. The molecule has 0 bridgehead atoms. The Kier molecular flexibility index (Phi) is 5.33. The molecule has 2 aromatic rings. The molecule has 2 saturated heterocycles. The van der Waals surface area contributed by atoms with Gasteiger partial charge >= 0.3 is 0 Å². The largest absolute Gasteiger partial charge is 0.388 e. The van der Waals surface area contributed by atoms with Gasteiger partial charge in [-0.25, -0.2) is 13.2 Å². The summed E-state index contributed by atoms with van der Waals surface area (Å²) in [5.41, 5.74) is -0.0125. The van der Waals surface area contributed by atoms with E-state index in [1.54, 1.807) is 17.0 Å². The van der Waals surface area contributed by atoms with Crippen LogP contribution < -0.4 is 0 Å². The number of likely N-dealkylation sites (tertiary alicyclic amines) is 2. The van der Waals surface area contributed by atoms with E-state index < -0.39 is 11.5 Å². The lowest BCUT2D eigenvalue weighted by atomic mass is 9.93. The highest BCUT2D eigenvalue weighted by atomic mass is 19.3. The van der Waals surface area contributed by atoms with Gasteiger partial charge in [0, 0.05) is 56.5 Å². The van der Waals surface area contributed by atoms with E-state index in [-0.39, 0.29) is 37.7 Å². The van der Waals surface area contributed by atoms with E-state index in [0.717, 1.165) is 5.39 Å². The standard InChI is InChI=1S/C21H26F3N3O2/c22-16-3-2-15-12-18(25-17(15)13-16)19(28)27-8-1-4-20(29,5-11-27)14-26-9-6-21(23,24)7-10-26/h2-3,12-13,25,29H,1,4-11,14H2/t20-/m0/s1. The minimum Gasteiger partial charge on any atom is -0.388 e.